The normalized spacial score (nSPS) is 15.0. The van der Waals surface area contributed by atoms with Crippen LogP contribution < -0.4 is 9.62 Å². The number of carbonyl (C=O) groups excluding carboxylic acids is 1. The molecule has 32 heavy (non-hydrogen) atoms. The van der Waals surface area contributed by atoms with Crippen molar-refractivity contribution < 1.29 is 18.1 Å². The lowest BCUT2D eigenvalue weighted by Crippen LogP contribution is -2.50. The molecule has 1 aliphatic rings. The van der Waals surface area contributed by atoms with Crippen molar-refractivity contribution in [3.05, 3.63) is 68.8 Å². The molecule has 3 rings (SSSR count). The van der Waals surface area contributed by atoms with E-state index >= 15 is 0 Å². The van der Waals surface area contributed by atoms with Crippen molar-refractivity contribution in [2.45, 2.75) is 58.5 Å². The molecular weight excluding hydrogens is 430 g/mol. The molecule has 2 aromatic rings. The molecule has 0 spiro atoms. The number of nitro groups is 1. The quantitative estimate of drug-likeness (QED) is 0.477. The lowest BCUT2D eigenvalue weighted by atomic mass is 10.0. The Hall–Kier alpha value is -2.94. The van der Waals surface area contributed by atoms with Gasteiger partial charge in [0, 0.05) is 12.1 Å². The van der Waals surface area contributed by atoms with E-state index in [4.69, 9.17) is 0 Å². The van der Waals surface area contributed by atoms with Crippen molar-refractivity contribution in [3.8, 4) is 0 Å². The van der Waals surface area contributed by atoms with Gasteiger partial charge in [0.15, 0.2) is 0 Å². The van der Waals surface area contributed by atoms with Crippen LogP contribution in [0.3, 0.4) is 0 Å². The third-order valence-corrected chi connectivity index (χ3v) is 7.12. The van der Waals surface area contributed by atoms with Crippen LogP contribution >= 0.6 is 0 Å². The van der Waals surface area contributed by atoms with E-state index in [0.29, 0.717) is 5.56 Å². The summed E-state index contributed by atoms with van der Waals surface area (Å²) in [6, 6.07) is 8.85. The number of sulfonamides is 1. The number of anilines is 1. The Morgan fingerprint density at radius 3 is 2.50 bits per heavy atom. The SMILES string of the molecule is CC[C@H](C(=O)N[C@@H](C)c1ccc2c(c1)CCC2)N(c1cc([N+](=O)[O-])ccc1C)S(C)(=O)=O. The van der Waals surface area contributed by atoms with Crippen molar-refractivity contribution in [1.82, 2.24) is 5.32 Å². The molecule has 9 heteroatoms. The molecule has 172 valence electrons. The highest BCUT2D eigenvalue weighted by molar-refractivity contribution is 7.92. The van der Waals surface area contributed by atoms with Crippen LogP contribution in [0.4, 0.5) is 11.4 Å². The molecule has 2 aromatic carbocycles. The summed E-state index contributed by atoms with van der Waals surface area (Å²) >= 11 is 0. The van der Waals surface area contributed by atoms with E-state index in [0.717, 1.165) is 35.4 Å². The Bertz CT molecular complexity index is 1150. The third kappa shape index (κ3) is 4.93. The minimum absolute atomic E-state index is 0.133. The molecule has 0 saturated carbocycles. The van der Waals surface area contributed by atoms with E-state index in [1.54, 1.807) is 13.8 Å². The average Bonchev–Trinajstić information content (AvgIpc) is 3.19. The lowest BCUT2D eigenvalue weighted by molar-refractivity contribution is -0.384. The van der Waals surface area contributed by atoms with Gasteiger partial charge < -0.3 is 5.32 Å². The Labute approximate surface area is 188 Å². The van der Waals surface area contributed by atoms with Crippen LogP contribution in [0.25, 0.3) is 0 Å². The molecule has 0 heterocycles. The van der Waals surface area contributed by atoms with Gasteiger partial charge in [0.2, 0.25) is 15.9 Å². The largest absolute Gasteiger partial charge is 0.348 e. The standard InChI is InChI=1S/C23H29N3O5S/c1-5-21(23(27)24-16(3)18-11-10-17-7-6-8-19(17)13-18)25(32(4,30)31)22-14-20(26(28)29)12-9-15(22)2/h9-14,16,21H,5-8H2,1-4H3,(H,24,27)/t16-,21+/m0/s1. The van der Waals surface area contributed by atoms with Crippen LogP contribution in [-0.2, 0) is 27.7 Å². The van der Waals surface area contributed by atoms with Gasteiger partial charge in [-0.25, -0.2) is 8.42 Å². The number of non-ortho nitro benzene ring substituents is 1. The number of fused-ring (bicyclic) bond motifs is 1. The first-order chi connectivity index (χ1) is 15.0. The van der Waals surface area contributed by atoms with Crippen molar-refractivity contribution in [3.63, 3.8) is 0 Å². The minimum Gasteiger partial charge on any atom is -0.348 e. The number of nitro benzene ring substituents is 1. The van der Waals surface area contributed by atoms with E-state index in [2.05, 4.69) is 17.4 Å². The fourth-order valence-electron chi connectivity index (χ4n) is 4.24. The Morgan fingerprint density at radius 1 is 1.19 bits per heavy atom. The smallest absolute Gasteiger partial charge is 0.271 e. The van der Waals surface area contributed by atoms with Crippen LogP contribution in [0.15, 0.2) is 36.4 Å². The van der Waals surface area contributed by atoms with E-state index in [-0.39, 0.29) is 23.8 Å². The van der Waals surface area contributed by atoms with Gasteiger partial charge in [-0.3, -0.25) is 19.2 Å². The Morgan fingerprint density at radius 2 is 1.88 bits per heavy atom. The monoisotopic (exact) mass is 459 g/mol. The lowest BCUT2D eigenvalue weighted by Gasteiger charge is -2.32. The van der Waals surface area contributed by atoms with Gasteiger partial charge in [0.1, 0.15) is 6.04 Å². The minimum atomic E-state index is -3.90. The highest BCUT2D eigenvalue weighted by atomic mass is 32.2. The number of nitrogens with zero attached hydrogens (tertiary/aromatic N) is 2. The summed E-state index contributed by atoms with van der Waals surface area (Å²) in [5.41, 5.74) is 4.02. The second-order valence-electron chi connectivity index (χ2n) is 8.32. The fourth-order valence-corrected chi connectivity index (χ4v) is 5.50. The van der Waals surface area contributed by atoms with Crippen LogP contribution in [0, 0.1) is 17.0 Å². The molecule has 2 atom stereocenters. The Kier molecular flexibility index (Phi) is 6.88. The second kappa shape index (κ2) is 9.28. The molecule has 1 N–H and O–H groups in total. The molecular formula is C23H29N3O5S. The van der Waals surface area contributed by atoms with Gasteiger partial charge in [-0.2, -0.15) is 0 Å². The highest BCUT2D eigenvalue weighted by Gasteiger charge is 2.34. The maximum absolute atomic E-state index is 13.2. The molecule has 8 nitrogen and oxygen atoms in total. The first-order valence-electron chi connectivity index (χ1n) is 10.7. The molecule has 0 aromatic heterocycles. The van der Waals surface area contributed by atoms with E-state index in [1.165, 1.54) is 29.3 Å². The molecule has 0 unspecified atom stereocenters. The number of carbonyl (C=O) groups is 1. The molecule has 1 aliphatic carbocycles. The van der Waals surface area contributed by atoms with E-state index in [1.807, 2.05) is 13.0 Å². The zero-order chi connectivity index (χ0) is 23.6. The fraction of sp³-hybridized carbons (Fsp3) is 0.435. The van der Waals surface area contributed by atoms with Crippen LogP contribution in [-0.4, -0.2) is 31.5 Å². The molecule has 1 amide bonds. The Balaban J connectivity index is 1.92. The van der Waals surface area contributed by atoms with Crippen LogP contribution in [0.1, 0.15) is 55.0 Å². The number of hydrogen-bond donors (Lipinski definition) is 1. The summed E-state index contributed by atoms with van der Waals surface area (Å²) in [7, 11) is -3.90. The summed E-state index contributed by atoms with van der Waals surface area (Å²) < 4.78 is 26.5. The van der Waals surface area contributed by atoms with Crippen molar-refractivity contribution in [2.24, 2.45) is 0 Å². The summed E-state index contributed by atoms with van der Waals surface area (Å²) in [4.78, 5) is 23.9. The van der Waals surface area contributed by atoms with Gasteiger partial charge in [-0.05, 0) is 61.8 Å². The number of rotatable bonds is 8. The van der Waals surface area contributed by atoms with E-state index in [9.17, 15) is 23.3 Å². The molecule has 0 aliphatic heterocycles. The van der Waals surface area contributed by atoms with Crippen LogP contribution in [0.2, 0.25) is 0 Å². The van der Waals surface area contributed by atoms with Crippen LogP contribution in [0.5, 0.6) is 0 Å². The predicted molar refractivity (Wildman–Crippen MR) is 124 cm³/mol. The predicted octanol–water partition coefficient (Wildman–Crippen LogP) is 3.81. The zero-order valence-electron chi connectivity index (χ0n) is 18.8. The van der Waals surface area contributed by atoms with Crippen molar-refractivity contribution in [1.29, 1.82) is 0 Å². The average molecular weight is 460 g/mol. The van der Waals surface area contributed by atoms with Gasteiger partial charge in [-0.1, -0.05) is 31.2 Å². The summed E-state index contributed by atoms with van der Waals surface area (Å²) in [5.74, 6) is -0.447. The number of amides is 1. The first-order valence-corrected chi connectivity index (χ1v) is 12.5. The maximum Gasteiger partial charge on any atom is 0.271 e. The van der Waals surface area contributed by atoms with Gasteiger partial charge in [0.25, 0.3) is 5.69 Å². The number of hydrogen-bond acceptors (Lipinski definition) is 5. The van der Waals surface area contributed by atoms with Gasteiger partial charge in [-0.15, -0.1) is 0 Å². The van der Waals surface area contributed by atoms with Gasteiger partial charge >= 0.3 is 0 Å². The zero-order valence-corrected chi connectivity index (χ0v) is 19.6. The first kappa shape index (κ1) is 23.7. The number of aryl methyl sites for hydroxylation is 3. The maximum atomic E-state index is 13.2. The molecule has 0 bridgehead atoms. The highest BCUT2D eigenvalue weighted by Crippen LogP contribution is 2.31. The molecule has 0 radical (unpaired) electrons. The molecule has 0 fully saturated rings. The van der Waals surface area contributed by atoms with Crippen molar-refractivity contribution in [2.75, 3.05) is 10.6 Å². The van der Waals surface area contributed by atoms with Gasteiger partial charge in [0.05, 0.1) is 22.9 Å². The van der Waals surface area contributed by atoms with Crippen molar-refractivity contribution >= 4 is 27.3 Å². The summed E-state index contributed by atoms with van der Waals surface area (Å²) in [6.45, 7) is 5.24. The molecule has 0 saturated heterocycles. The second-order valence-corrected chi connectivity index (χ2v) is 10.2. The van der Waals surface area contributed by atoms with E-state index < -0.39 is 26.9 Å². The number of benzene rings is 2. The topological polar surface area (TPSA) is 110 Å². The summed E-state index contributed by atoms with van der Waals surface area (Å²) in [6.07, 6.45) is 4.43. The third-order valence-electron chi connectivity index (χ3n) is 5.95. The number of nitrogens with one attached hydrogen (secondary N) is 1. The summed E-state index contributed by atoms with van der Waals surface area (Å²) in [5, 5.41) is 14.2.